The van der Waals surface area contributed by atoms with Crippen LogP contribution in [-0.4, -0.2) is 67.5 Å². The lowest BCUT2D eigenvalue weighted by molar-refractivity contribution is -0.129. The smallest absolute Gasteiger partial charge is 0.257 e. The summed E-state index contributed by atoms with van der Waals surface area (Å²) in [4.78, 5) is 30.3. The molecule has 2 fully saturated rings. The highest BCUT2D eigenvalue weighted by molar-refractivity contribution is 5.97. The zero-order chi connectivity index (χ0) is 21.5. The van der Waals surface area contributed by atoms with Crippen molar-refractivity contribution < 1.29 is 14.3 Å². The molecule has 1 heterocycles. The van der Waals surface area contributed by atoms with Gasteiger partial charge in [0.15, 0.2) is 0 Å². The number of methoxy groups -OCH3 is 1. The zero-order valence-corrected chi connectivity index (χ0v) is 18.7. The summed E-state index contributed by atoms with van der Waals surface area (Å²) in [6.07, 6.45) is 5.69. The van der Waals surface area contributed by atoms with Crippen molar-refractivity contribution in [3.8, 4) is 5.75 Å². The monoisotopic (exact) mass is 415 g/mol. The van der Waals surface area contributed by atoms with Crippen molar-refractivity contribution in [3.63, 3.8) is 0 Å². The molecule has 1 aliphatic heterocycles. The van der Waals surface area contributed by atoms with E-state index in [1.165, 1.54) is 12.8 Å². The highest BCUT2D eigenvalue weighted by Crippen LogP contribution is 2.31. The maximum absolute atomic E-state index is 13.1. The molecule has 30 heavy (non-hydrogen) atoms. The molecule has 2 aliphatic rings. The third-order valence-corrected chi connectivity index (χ3v) is 6.47. The fraction of sp³-hybridized carbons (Fsp3) is 0.667. The molecule has 1 saturated heterocycles. The van der Waals surface area contributed by atoms with Gasteiger partial charge >= 0.3 is 0 Å². The molecule has 2 amide bonds. The van der Waals surface area contributed by atoms with Gasteiger partial charge in [-0.1, -0.05) is 38.8 Å². The number of para-hydroxylation sites is 1. The first kappa shape index (κ1) is 22.6. The predicted molar refractivity (Wildman–Crippen MR) is 119 cm³/mol. The van der Waals surface area contributed by atoms with E-state index in [2.05, 4.69) is 24.1 Å². The summed E-state index contributed by atoms with van der Waals surface area (Å²) in [6.45, 7) is 7.85. The fourth-order valence-electron chi connectivity index (χ4n) is 4.73. The SMILES string of the molecule is COc1ccccc1C(=O)N1CCN([C@H](C(=O)NCCC(C)C)C2CCCC2)CC1. The number of carbonyl (C=O) groups is 2. The molecule has 0 aromatic heterocycles. The van der Waals surface area contributed by atoms with Gasteiger partial charge in [0.25, 0.3) is 5.91 Å². The maximum atomic E-state index is 13.1. The number of ether oxygens (including phenoxy) is 1. The van der Waals surface area contributed by atoms with Crippen LogP contribution in [-0.2, 0) is 4.79 Å². The summed E-state index contributed by atoms with van der Waals surface area (Å²) < 4.78 is 5.36. The van der Waals surface area contributed by atoms with Crippen LogP contribution >= 0.6 is 0 Å². The van der Waals surface area contributed by atoms with E-state index in [9.17, 15) is 9.59 Å². The summed E-state index contributed by atoms with van der Waals surface area (Å²) >= 11 is 0. The van der Waals surface area contributed by atoms with E-state index in [4.69, 9.17) is 4.74 Å². The molecule has 6 nitrogen and oxygen atoms in total. The first-order valence-corrected chi connectivity index (χ1v) is 11.4. The number of carbonyl (C=O) groups excluding carboxylic acids is 2. The van der Waals surface area contributed by atoms with Gasteiger partial charge in [-0.15, -0.1) is 0 Å². The molecule has 0 bridgehead atoms. The third-order valence-electron chi connectivity index (χ3n) is 6.47. The van der Waals surface area contributed by atoms with E-state index in [-0.39, 0.29) is 17.9 Å². The number of rotatable bonds is 8. The second-order valence-electron chi connectivity index (χ2n) is 8.99. The first-order chi connectivity index (χ1) is 14.5. The quantitative estimate of drug-likeness (QED) is 0.708. The van der Waals surface area contributed by atoms with Gasteiger partial charge in [-0.3, -0.25) is 14.5 Å². The average molecular weight is 416 g/mol. The van der Waals surface area contributed by atoms with Crippen molar-refractivity contribution in [3.05, 3.63) is 29.8 Å². The van der Waals surface area contributed by atoms with Crippen molar-refractivity contribution in [1.82, 2.24) is 15.1 Å². The van der Waals surface area contributed by atoms with Crippen molar-refractivity contribution in [2.75, 3.05) is 39.8 Å². The molecule has 166 valence electrons. The molecule has 1 N–H and O–H groups in total. The summed E-state index contributed by atoms with van der Waals surface area (Å²) in [5.41, 5.74) is 0.604. The Morgan fingerprint density at radius 3 is 2.40 bits per heavy atom. The van der Waals surface area contributed by atoms with Crippen molar-refractivity contribution in [2.24, 2.45) is 11.8 Å². The average Bonchev–Trinajstić information content (AvgIpc) is 3.28. The van der Waals surface area contributed by atoms with E-state index >= 15 is 0 Å². The number of amides is 2. The van der Waals surface area contributed by atoms with Crippen molar-refractivity contribution in [1.29, 1.82) is 0 Å². The second kappa shape index (κ2) is 10.8. The normalized spacial score (nSPS) is 19.1. The van der Waals surface area contributed by atoms with E-state index in [1.54, 1.807) is 7.11 Å². The third kappa shape index (κ3) is 5.54. The lowest BCUT2D eigenvalue weighted by atomic mass is 9.94. The van der Waals surface area contributed by atoms with Crippen LogP contribution in [0.4, 0.5) is 0 Å². The number of nitrogens with one attached hydrogen (secondary N) is 1. The summed E-state index contributed by atoms with van der Waals surface area (Å²) in [7, 11) is 1.59. The summed E-state index contributed by atoms with van der Waals surface area (Å²) in [5, 5.41) is 3.19. The van der Waals surface area contributed by atoms with Gasteiger partial charge in [0.1, 0.15) is 5.75 Å². The molecule has 0 unspecified atom stereocenters. The Bertz CT molecular complexity index is 707. The van der Waals surface area contributed by atoms with E-state index in [1.807, 2.05) is 29.2 Å². The van der Waals surface area contributed by atoms with E-state index < -0.39 is 0 Å². The Hall–Kier alpha value is -2.08. The van der Waals surface area contributed by atoms with E-state index in [0.29, 0.717) is 36.2 Å². The number of nitrogens with zero attached hydrogens (tertiary/aromatic N) is 2. The summed E-state index contributed by atoms with van der Waals surface area (Å²) in [6, 6.07) is 7.31. The van der Waals surface area contributed by atoms with Gasteiger partial charge in [0.05, 0.1) is 18.7 Å². The molecule has 6 heteroatoms. The molecular weight excluding hydrogens is 378 g/mol. The molecule has 1 aliphatic carbocycles. The minimum atomic E-state index is -0.0665. The largest absolute Gasteiger partial charge is 0.496 e. The number of benzene rings is 1. The van der Waals surface area contributed by atoms with Gasteiger partial charge in [-0.25, -0.2) is 0 Å². The molecule has 1 aromatic carbocycles. The Labute approximate surface area is 180 Å². The maximum Gasteiger partial charge on any atom is 0.257 e. The molecule has 1 saturated carbocycles. The second-order valence-corrected chi connectivity index (χ2v) is 8.99. The fourth-order valence-corrected chi connectivity index (χ4v) is 4.73. The Kier molecular flexibility index (Phi) is 8.14. The lowest BCUT2D eigenvalue weighted by Crippen LogP contribution is -2.58. The molecule has 1 aromatic rings. The van der Waals surface area contributed by atoms with Crippen LogP contribution in [0.25, 0.3) is 0 Å². The Balaban J connectivity index is 1.62. The van der Waals surface area contributed by atoms with Crippen LogP contribution in [0.1, 0.15) is 56.3 Å². The van der Waals surface area contributed by atoms with Crippen LogP contribution < -0.4 is 10.1 Å². The van der Waals surface area contributed by atoms with Gasteiger partial charge in [-0.05, 0) is 43.2 Å². The van der Waals surface area contributed by atoms with Gasteiger partial charge in [-0.2, -0.15) is 0 Å². The van der Waals surface area contributed by atoms with Gasteiger partial charge in [0, 0.05) is 32.7 Å². The van der Waals surface area contributed by atoms with Gasteiger partial charge < -0.3 is 15.0 Å². The van der Waals surface area contributed by atoms with E-state index in [0.717, 1.165) is 38.9 Å². The van der Waals surface area contributed by atoms with Crippen LogP contribution in [0, 0.1) is 11.8 Å². The molecule has 0 radical (unpaired) electrons. The highest BCUT2D eigenvalue weighted by atomic mass is 16.5. The summed E-state index contributed by atoms with van der Waals surface area (Å²) in [5.74, 6) is 1.80. The van der Waals surface area contributed by atoms with Gasteiger partial charge in [0.2, 0.25) is 5.91 Å². The number of hydrogen-bond acceptors (Lipinski definition) is 4. The molecular formula is C24H37N3O3. The van der Waals surface area contributed by atoms with Crippen LogP contribution in [0.5, 0.6) is 5.75 Å². The van der Waals surface area contributed by atoms with Crippen LogP contribution in [0.15, 0.2) is 24.3 Å². The standard InChI is InChI=1S/C24H37N3O3/c1-18(2)12-13-25-23(28)22(19-8-4-5-9-19)26-14-16-27(17-15-26)24(29)20-10-6-7-11-21(20)30-3/h6-7,10-11,18-19,22H,4-5,8-9,12-17H2,1-3H3,(H,25,28)/t22-/m0/s1. The molecule has 0 spiro atoms. The number of hydrogen-bond donors (Lipinski definition) is 1. The molecule has 1 atom stereocenters. The predicted octanol–water partition coefficient (Wildman–Crippen LogP) is 3.17. The zero-order valence-electron chi connectivity index (χ0n) is 18.7. The Morgan fingerprint density at radius 1 is 1.10 bits per heavy atom. The number of piperazine rings is 1. The van der Waals surface area contributed by atoms with Crippen molar-refractivity contribution in [2.45, 2.75) is 52.0 Å². The lowest BCUT2D eigenvalue weighted by Gasteiger charge is -2.41. The van der Waals surface area contributed by atoms with Crippen LogP contribution in [0.3, 0.4) is 0 Å². The Morgan fingerprint density at radius 2 is 1.77 bits per heavy atom. The highest BCUT2D eigenvalue weighted by Gasteiger charge is 2.37. The topological polar surface area (TPSA) is 61.9 Å². The molecule has 3 rings (SSSR count). The van der Waals surface area contributed by atoms with Crippen molar-refractivity contribution >= 4 is 11.8 Å². The minimum absolute atomic E-state index is 0.00546. The minimum Gasteiger partial charge on any atom is -0.496 e. The van der Waals surface area contributed by atoms with Crippen LogP contribution in [0.2, 0.25) is 0 Å². The first-order valence-electron chi connectivity index (χ1n) is 11.4.